The summed E-state index contributed by atoms with van der Waals surface area (Å²) in [6.07, 6.45) is 1.32. The summed E-state index contributed by atoms with van der Waals surface area (Å²) < 4.78 is 10.3. The number of hydrogen-bond acceptors (Lipinski definition) is 4. The highest BCUT2D eigenvalue weighted by molar-refractivity contribution is 5.95. The van der Waals surface area contributed by atoms with Gasteiger partial charge in [-0.15, -0.1) is 0 Å². The van der Waals surface area contributed by atoms with Crippen molar-refractivity contribution in [2.24, 2.45) is 0 Å². The number of benzene rings is 1. The average Bonchev–Trinajstić information content (AvgIpc) is 2.32. The second-order valence-corrected chi connectivity index (χ2v) is 3.67. The van der Waals surface area contributed by atoms with Gasteiger partial charge in [0.25, 0.3) is 0 Å². The van der Waals surface area contributed by atoms with E-state index < -0.39 is 18.4 Å². The number of esters is 1. The molecule has 0 radical (unpaired) electrons. The first kappa shape index (κ1) is 11.5. The van der Waals surface area contributed by atoms with Gasteiger partial charge < -0.3 is 9.47 Å². The van der Waals surface area contributed by atoms with Gasteiger partial charge in [-0.25, -0.2) is 0 Å². The van der Waals surface area contributed by atoms with Crippen LogP contribution in [-0.2, 0) is 19.1 Å². The van der Waals surface area contributed by atoms with Gasteiger partial charge in [0.05, 0.1) is 0 Å². The maximum absolute atomic E-state index is 11.7. The van der Waals surface area contributed by atoms with E-state index in [4.69, 9.17) is 9.47 Å². The van der Waals surface area contributed by atoms with Crippen LogP contribution in [0.15, 0.2) is 42.5 Å². The Kier molecular flexibility index (Phi) is 3.35. The first-order valence-corrected chi connectivity index (χ1v) is 5.26. The van der Waals surface area contributed by atoms with Crippen molar-refractivity contribution < 1.29 is 19.1 Å². The van der Waals surface area contributed by atoms with Gasteiger partial charge >= 0.3 is 5.97 Å². The van der Waals surface area contributed by atoms with Gasteiger partial charge in [-0.05, 0) is 17.7 Å². The first-order valence-electron chi connectivity index (χ1n) is 5.26. The fraction of sp³-hybridized carbons (Fsp3) is 0.231. The SMILES string of the molecule is CC(=O)O[C@H]1C=CC(=O)[C@H](c2ccccc2)O1. The van der Waals surface area contributed by atoms with Crippen molar-refractivity contribution in [2.45, 2.75) is 19.3 Å². The lowest BCUT2D eigenvalue weighted by molar-refractivity contribution is -0.180. The minimum absolute atomic E-state index is 0.153. The highest BCUT2D eigenvalue weighted by atomic mass is 16.7. The second kappa shape index (κ2) is 4.93. The van der Waals surface area contributed by atoms with Crippen molar-refractivity contribution >= 4 is 11.8 Å². The average molecular weight is 232 g/mol. The number of ketones is 1. The zero-order valence-electron chi connectivity index (χ0n) is 9.33. The van der Waals surface area contributed by atoms with Crippen molar-refractivity contribution in [3.8, 4) is 0 Å². The molecule has 17 heavy (non-hydrogen) atoms. The van der Waals surface area contributed by atoms with E-state index in [2.05, 4.69) is 0 Å². The van der Waals surface area contributed by atoms with Gasteiger partial charge in [-0.1, -0.05) is 30.3 Å². The van der Waals surface area contributed by atoms with E-state index in [1.807, 2.05) is 18.2 Å². The molecule has 0 saturated heterocycles. The topological polar surface area (TPSA) is 52.6 Å². The van der Waals surface area contributed by atoms with E-state index >= 15 is 0 Å². The van der Waals surface area contributed by atoms with E-state index in [9.17, 15) is 9.59 Å². The Hall–Kier alpha value is -1.94. The van der Waals surface area contributed by atoms with Crippen LogP contribution < -0.4 is 0 Å². The molecule has 1 aromatic carbocycles. The molecule has 1 aliphatic rings. The molecule has 0 N–H and O–H groups in total. The number of hydrogen-bond donors (Lipinski definition) is 0. The van der Waals surface area contributed by atoms with Crippen LogP contribution in [0.5, 0.6) is 0 Å². The number of rotatable bonds is 2. The standard InChI is InChI=1S/C13H12O4/c1-9(14)16-12-8-7-11(15)13(17-12)10-5-3-2-4-6-10/h2-8,12-13H,1H3/t12-,13+/m1/s1. The molecule has 0 fully saturated rings. The Labute approximate surface area is 98.8 Å². The largest absolute Gasteiger partial charge is 0.432 e. The summed E-state index contributed by atoms with van der Waals surface area (Å²) in [5.41, 5.74) is 0.749. The summed E-state index contributed by atoms with van der Waals surface area (Å²) in [7, 11) is 0. The molecule has 0 saturated carbocycles. The smallest absolute Gasteiger partial charge is 0.305 e. The van der Waals surface area contributed by atoms with Crippen LogP contribution in [-0.4, -0.2) is 18.0 Å². The normalized spacial score (nSPS) is 23.5. The molecule has 0 spiro atoms. The molecule has 1 heterocycles. The van der Waals surface area contributed by atoms with Crippen LogP contribution in [0.2, 0.25) is 0 Å². The number of carbonyl (C=O) groups is 2. The highest BCUT2D eigenvalue weighted by Gasteiger charge is 2.27. The predicted molar refractivity (Wildman–Crippen MR) is 60.0 cm³/mol. The summed E-state index contributed by atoms with van der Waals surface area (Å²) >= 11 is 0. The van der Waals surface area contributed by atoms with Crippen LogP contribution in [0, 0.1) is 0 Å². The zero-order chi connectivity index (χ0) is 12.3. The summed E-state index contributed by atoms with van der Waals surface area (Å²) in [6.45, 7) is 1.30. The lowest BCUT2D eigenvalue weighted by atomic mass is 10.0. The van der Waals surface area contributed by atoms with E-state index in [1.54, 1.807) is 12.1 Å². The molecule has 1 aromatic rings. The Bertz CT molecular complexity index is 450. The molecule has 2 rings (SSSR count). The van der Waals surface area contributed by atoms with Gasteiger partial charge in [0.2, 0.25) is 6.29 Å². The Morgan fingerprint density at radius 1 is 1.29 bits per heavy atom. The van der Waals surface area contributed by atoms with E-state index in [-0.39, 0.29) is 5.78 Å². The predicted octanol–water partition coefficient (Wildman–Crippen LogP) is 1.77. The fourth-order valence-corrected chi connectivity index (χ4v) is 1.61. The molecular formula is C13H12O4. The van der Waals surface area contributed by atoms with Crippen LogP contribution in [0.3, 0.4) is 0 Å². The minimum atomic E-state index is -0.796. The number of ether oxygens (including phenoxy) is 2. The molecule has 2 atom stereocenters. The van der Waals surface area contributed by atoms with Crippen molar-refractivity contribution in [2.75, 3.05) is 0 Å². The van der Waals surface area contributed by atoms with Crippen molar-refractivity contribution in [3.05, 3.63) is 48.0 Å². The monoisotopic (exact) mass is 232 g/mol. The lowest BCUT2D eigenvalue weighted by Gasteiger charge is -2.24. The van der Waals surface area contributed by atoms with Crippen LogP contribution in [0.25, 0.3) is 0 Å². The lowest BCUT2D eigenvalue weighted by Crippen LogP contribution is -2.28. The van der Waals surface area contributed by atoms with Gasteiger partial charge in [-0.3, -0.25) is 9.59 Å². The molecular weight excluding hydrogens is 220 g/mol. The van der Waals surface area contributed by atoms with E-state index in [0.29, 0.717) is 0 Å². The van der Waals surface area contributed by atoms with Gasteiger partial charge in [0.1, 0.15) is 6.10 Å². The molecule has 4 heteroatoms. The minimum Gasteiger partial charge on any atom is -0.432 e. The maximum Gasteiger partial charge on any atom is 0.305 e. The molecule has 0 amide bonds. The van der Waals surface area contributed by atoms with Gasteiger partial charge in [0, 0.05) is 6.92 Å². The number of carbonyl (C=O) groups excluding carboxylic acids is 2. The summed E-state index contributed by atoms with van der Waals surface area (Å²) in [5.74, 6) is -0.597. The Balaban J connectivity index is 2.16. The molecule has 4 nitrogen and oxygen atoms in total. The molecule has 0 unspecified atom stereocenters. The second-order valence-electron chi connectivity index (χ2n) is 3.67. The summed E-state index contributed by atoms with van der Waals surface area (Å²) in [6, 6.07) is 9.10. The maximum atomic E-state index is 11.7. The molecule has 88 valence electrons. The highest BCUT2D eigenvalue weighted by Crippen LogP contribution is 2.25. The Morgan fingerprint density at radius 2 is 2.00 bits per heavy atom. The molecule has 1 aliphatic heterocycles. The molecule has 0 bridgehead atoms. The van der Waals surface area contributed by atoms with E-state index in [0.717, 1.165) is 5.56 Å². The van der Waals surface area contributed by atoms with Crippen LogP contribution >= 0.6 is 0 Å². The van der Waals surface area contributed by atoms with Crippen molar-refractivity contribution in [1.29, 1.82) is 0 Å². The van der Waals surface area contributed by atoms with Crippen molar-refractivity contribution in [3.63, 3.8) is 0 Å². The van der Waals surface area contributed by atoms with Gasteiger partial charge in [-0.2, -0.15) is 0 Å². The zero-order valence-corrected chi connectivity index (χ0v) is 9.33. The van der Waals surface area contributed by atoms with Crippen molar-refractivity contribution in [1.82, 2.24) is 0 Å². The Morgan fingerprint density at radius 3 is 2.65 bits per heavy atom. The van der Waals surface area contributed by atoms with Crippen LogP contribution in [0.4, 0.5) is 0 Å². The fourth-order valence-electron chi connectivity index (χ4n) is 1.61. The summed E-state index contributed by atoms with van der Waals surface area (Å²) in [4.78, 5) is 22.5. The molecule has 0 aromatic heterocycles. The van der Waals surface area contributed by atoms with E-state index in [1.165, 1.54) is 19.1 Å². The van der Waals surface area contributed by atoms with Gasteiger partial charge in [0.15, 0.2) is 5.78 Å². The van der Waals surface area contributed by atoms with Crippen LogP contribution in [0.1, 0.15) is 18.6 Å². The molecule has 0 aliphatic carbocycles. The quantitative estimate of drug-likeness (QED) is 0.729. The first-order chi connectivity index (χ1) is 8.16. The third kappa shape index (κ3) is 2.79. The summed E-state index contributed by atoms with van der Waals surface area (Å²) in [5, 5.41) is 0. The third-order valence-corrected chi connectivity index (χ3v) is 2.33. The third-order valence-electron chi connectivity index (χ3n) is 2.33.